The molecule has 9 heteroatoms. The molecule has 2 aromatic carbocycles. The maximum absolute atomic E-state index is 13.0. The fourth-order valence-corrected chi connectivity index (χ4v) is 4.43. The molecule has 36 heavy (non-hydrogen) atoms. The van der Waals surface area contributed by atoms with Crippen LogP contribution >= 0.6 is 0 Å². The van der Waals surface area contributed by atoms with Gasteiger partial charge in [-0.25, -0.2) is 0 Å². The lowest BCUT2D eigenvalue weighted by Gasteiger charge is -2.33. The highest BCUT2D eigenvalue weighted by Crippen LogP contribution is 2.25. The van der Waals surface area contributed by atoms with Crippen molar-refractivity contribution in [2.24, 2.45) is 7.05 Å². The third kappa shape index (κ3) is 4.91. The first-order valence-corrected chi connectivity index (χ1v) is 12.0. The van der Waals surface area contributed by atoms with Crippen molar-refractivity contribution in [2.45, 2.75) is 19.3 Å². The molecule has 0 spiro atoms. The first kappa shape index (κ1) is 23.5. The van der Waals surface area contributed by atoms with E-state index in [1.54, 1.807) is 23.5 Å². The highest BCUT2D eigenvalue weighted by molar-refractivity contribution is 6.05. The lowest BCUT2D eigenvalue weighted by Crippen LogP contribution is -2.48. The largest absolute Gasteiger partial charge is 0.360 e. The number of rotatable bonds is 6. The molecule has 1 aliphatic rings. The number of nitrogens with zero attached hydrogens (tertiary/aromatic N) is 6. The Morgan fingerprint density at radius 2 is 1.94 bits per heavy atom. The second-order valence-corrected chi connectivity index (χ2v) is 9.38. The zero-order valence-electron chi connectivity index (χ0n) is 20.7. The first-order valence-electron chi connectivity index (χ1n) is 12.0. The minimum Gasteiger partial charge on any atom is -0.360 e. The number of carbonyl (C=O) groups is 2. The van der Waals surface area contributed by atoms with E-state index in [2.05, 4.69) is 38.4 Å². The van der Waals surface area contributed by atoms with Gasteiger partial charge >= 0.3 is 0 Å². The molecule has 184 valence electrons. The Labute approximate surface area is 209 Å². The van der Waals surface area contributed by atoms with Crippen LogP contribution in [0, 0.1) is 0 Å². The van der Waals surface area contributed by atoms with Crippen LogP contribution in [0.4, 0.5) is 11.4 Å². The van der Waals surface area contributed by atoms with Gasteiger partial charge in [-0.15, -0.1) is 10.2 Å². The molecule has 1 saturated heterocycles. The van der Waals surface area contributed by atoms with E-state index in [-0.39, 0.29) is 17.7 Å². The molecule has 4 aromatic rings. The van der Waals surface area contributed by atoms with Gasteiger partial charge in [0.25, 0.3) is 5.91 Å². The maximum atomic E-state index is 13.0. The van der Waals surface area contributed by atoms with Gasteiger partial charge in [-0.1, -0.05) is 25.1 Å². The number of pyridine rings is 1. The predicted molar refractivity (Wildman–Crippen MR) is 139 cm³/mol. The normalized spacial score (nSPS) is 14.8. The molecular weight excluding hydrogens is 454 g/mol. The Kier molecular flexibility index (Phi) is 6.37. The van der Waals surface area contributed by atoms with Gasteiger partial charge in [0.1, 0.15) is 17.8 Å². The van der Waals surface area contributed by atoms with Crippen LogP contribution in [0.25, 0.3) is 10.8 Å². The number of aromatic nitrogens is 4. The summed E-state index contributed by atoms with van der Waals surface area (Å²) in [5.41, 5.74) is 3.13. The van der Waals surface area contributed by atoms with Gasteiger partial charge in [-0.2, -0.15) is 0 Å². The molecule has 5 rings (SSSR count). The van der Waals surface area contributed by atoms with Crippen molar-refractivity contribution in [3.63, 3.8) is 0 Å². The lowest BCUT2D eigenvalue weighted by molar-refractivity contribution is -0.129. The molecule has 0 radical (unpaired) electrons. The molecule has 3 heterocycles. The van der Waals surface area contributed by atoms with E-state index in [1.165, 1.54) is 0 Å². The van der Waals surface area contributed by atoms with Crippen molar-refractivity contribution in [3.8, 4) is 0 Å². The molecular formula is C27H29N7O2. The number of amides is 2. The van der Waals surface area contributed by atoms with E-state index in [0.717, 1.165) is 40.8 Å². The Bertz CT molecular complexity index is 1430. The van der Waals surface area contributed by atoms with Gasteiger partial charge < -0.3 is 19.7 Å². The van der Waals surface area contributed by atoms with Crippen LogP contribution in [0.5, 0.6) is 0 Å². The molecule has 1 unspecified atom stereocenters. The van der Waals surface area contributed by atoms with Crippen molar-refractivity contribution in [3.05, 3.63) is 78.1 Å². The number of carbonyl (C=O) groups excluding carboxylic acids is 2. The Morgan fingerprint density at radius 1 is 1.08 bits per heavy atom. The fraction of sp³-hybridized carbons (Fsp3) is 0.296. The third-order valence-electron chi connectivity index (χ3n) is 6.77. The van der Waals surface area contributed by atoms with Gasteiger partial charge in [0, 0.05) is 56.6 Å². The zero-order chi connectivity index (χ0) is 25.2. The van der Waals surface area contributed by atoms with Crippen LogP contribution < -0.4 is 10.2 Å². The molecule has 1 atom stereocenters. The summed E-state index contributed by atoms with van der Waals surface area (Å²) in [6, 6.07) is 15.6. The number of aryl methyl sites for hydroxylation is 1. The summed E-state index contributed by atoms with van der Waals surface area (Å²) in [4.78, 5) is 33.4. The van der Waals surface area contributed by atoms with Crippen LogP contribution in [0.15, 0.2) is 61.1 Å². The van der Waals surface area contributed by atoms with Crippen LogP contribution in [0.3, 0.4) is 0 Å². The van der Waals surface area contributed by atoms with Crippen molar-refractivity contribution in [1.29, 1.82) is 0 Å². The van der Waals surface area contributed by atoms with Crippen molar-refractivity contribution in [1.82, 2.24) is 24.6 Å². The summed E-state index contributed by atoms with van der Waals surface area (Å²) in [6.07, 6.45) is 4.16. The number of anilines is 2. The highest BCUT2D eigenvalue weighted by atomic mass is 16.2. The number of hydrogen-bond acceptors (Lipinski definition) is 6. The molecule has 0 bridgehead atoms. The number of piperazine rings is 1. The summed E-state index contributed by atoms with van der Waals surface area (Å²) in [6.45, 7) is 3.95. The summed E-state index contributed by atoms with van der Waals surface area (Å²) < 4.78 is 1.92. The molecule has 2 amide bonds. The van der Waals surface area contributed by atoms with Crippen LogP contribution in [-0.4, -0.2) is 63.1 Å². The van der Waals surface area contributed by atoms with Crippen molar-refractivity contribution >= 4 is 34.0 Å². The second-order valence-electron chi connectivity index (χ2n) is 9.38. The quantitative estimate of drug-likeness (QED) is 0.452. The molecule has 2 aromatic heterocycles. The van der Waals surface area contributed by atoms with Crippen LogP contribution in [-0.2, 0) is 18.3 Å². The summed E-state index contributed by atoms with van der Waals surface area (Å²) >= 11 is 0. The minimum absolute atomic E-state index is 0.101. The average Bonchev–Trinajstić information content (AvgIpc) is 3.29. The number of nitrogens with one attached hydrogen (secondary N) is 1. The van der Waals surface area contributed by atoms with E-state index in [0.29, 0.717) is 24.5 Å². The monoisotopic (exact) mass is 483 g/mol. The Hall–Kier alpha value is -4.27. The smallest absolute Gasteiger partial charge is 0.274 e. The van der Waals surface area contributed by atoms with E-state index >= 15 is 0 Å². The number of benzene rings is 2. The summed E-state index contributed by atoms with van der Waals surface area (Å²) in [5, 5.41) is 13.0. The van der Waals surface area contributed by atoms with Crippen molar-refractivity contribution in [2.75, 3.05) is 36.9 Å². The maximum Gasteiger partial charge on any atom is 0.274 e. The summed E-state index contributed by atoms with van der Waals surface area (Å²) in [5.74, 6) is 0.959. The molecule has 1 fully saturated rings. The highest BCUT2D eigenvalue weighted by Gasteiger charge is 2.21. The number of hydrogen-bond donors (Lipinski definition) is 1. The fourth-order valence-electron chi connectivity index (χ4n) is 4.43. The average molecular weight is 484 g/mol. The minimum atomic E-state index is -0.268. The molecule has 0 aliphatic carbocycles. The topological polar surface area (TPSA) is 96.3 Å². The molecule has 0 saturated carbocycles. The molecule has 1 aliphatic heterocycles. The van der Waals surface area contributed by atoms with E-state index < -0.39 is 0 Å². The van der Waals surface area contributed by atoms with Gasteiger partial charge in [-0.05, 0) is 47.2 Å². The van der Waals surface area contributed by atoms with Crippen LogP contribution in [0.2, 0.25) is 0 Å². The molecule has 9 nitrogen and oxygen atoms in total. The summed E-state index contributed by atoms with van der Waals surface area (Å²) in [7, 11) is 3.76. The van der Waals surface area contributed by atoms with Gasteiger partial charge in [0.15, 0.2) is 0 Å². The van der Waals surface area contributed by atoms with E-state index in [9.17, 15) is 9.59 Å². The second kappa shape index (κ2) is 9.77. The molecule has 1 N–H and O–H groups in total. The first-order chi connectivity index (χ1) is 17.4. The third-order valence-corrected chi connectivity index (χ3v) is 6.77. The Morgan fingerprint density at radius 3 is 2.72 bits per heavy atom. The standard InChI is InChI=1S/C27H29N7O2/c1-18(11-25-31-29-17-33(25)3)19-5-4-6-22(12-19)30-27(36)24-14-21-13-23(8-7-20(21)15-28-24)34-10-9-32(2)26(35)16-34/h4-8,12-15,17-18H,9-11,16H2,1-3H3,(H,30,36). The van der Waals surface area contributed by atoms with Gasteiger partial charge in [0.2, 0.25) is 5.91 Å². The number of fused-ring (bicyclic) bond motifs is 1. The van der Waals surface area contributed by atoms with Gasteiger partial charge in [0.05, 0.1) is 6.54 Å². The van der Waals surface area contributed by atoms with Crippen LogP contribution in [0.1, 0.15) is 34.7 Å². The Balaban J connectivity index is 1.31. The number of likely N-dealkylation sites (N-methyl/N-ethyl adjacent to an activating group) is 1. The van der Waals surface area contributed by atoms with E-state index in [4.69, 9.17) is 0 Å². The van der Waals surface area contributed by atoms with E-state index in [1.807, 2.05) is 55.1 Å². The van der Waals surface area contributed by atoms with Gasteiger partial charge in [-0.3, -0.25) is 14.6 Å². The predicted octanol–water partition coefficient (Wildman–Crippen LogP) is 3.24. The zero-order valence-corrected chi connectivity index (χ0v) is 20.7. The van der Waals surface area contributed by atoms with Crippen molar-refractivity contribution < 1.29 is 9.59 Å². The SMILES string of the molecule is CC(Cc1nncn1C)c1cccc(NC(=O)c2cc3cc(N4CCN(C)C(=O)C4)ccc3cn2)c1. The lowest BCUT2D eigenvalue weighted by atomic mass is 9.97.